The van der Waals surface area contributed by atoms with E-state index in [4.69, 9.17) is 4.74 Å². The molecule has 0 saturated heterocycles. The van der Waals surface area contributed by atoms with Gasteiger partial charge in [-0.05, 0) is 73.7 Å². The van der Waals surface area contributed by atoms with E-state index in [9.17, 15) is 9.18 Å². The minimum atomic E-state index is -0.344. The molecule has 36 heavy (non-hydrogen) atoms. The second-order valence-corrected chi connectivity index (χ2v) is 7.87. The van der Waals surface area contributed by atoms with Crippen LogP contribution in [0.15, 0.2) is 97.6 Å². The summed E-state index contributed by atoms with van der Waals surface area (Å²) in [7, 11) is 0. The maximum Gasteiger partial charge on any atom is 0.255 e. The van der Waals surface area contributed by atoms with Gasteiger partial charge in [0.1, 0.15) is 41.1 Å². The average Bonchev–Trinajstić information content (AvgIpc) is 3.42. The quantitative estimate of drug-likeness (QED) is 0.301. The van der Waals surface area contributed by atoms with Crippen molar-refractivity contribution in [1.82, 2.24) is 19.5 Å². The molecule has 0 fully saturated rings. The first-order valence-corrected chi connectivity index (χ1v) is 11.1. The van der Waals surface area contributed by atoms with E-state index in [1.54, 1.807) is 53.5 Å². The van der Waals surface area contributed by atoms with Gasteiger partial charge in [-0.1, -0.05) is 6.07 Å². The van der Waals surface area contributed by atoms with Gasteiger partial charge in [0, 0.05) is 35.4 Å². The highest BCUT2D eigenvalue weighted by molar-refractivity contribution is 6.04. The Balaban J connectivity index is 1.24. The molecule has 2 N–H and O–H groups in total. The summed E-state index contributed by atoms with van der Waals surface area (Å²) in [5.41, 5.74) is 1.87. The molecule has 1 amide bonds. The Bertz CT molecular complexity index is 1490. The first-order valence-electron chi connectivity index (χ1n) is 11.1. The largest absolute Gasteiger partial charge is 0.457 e. The summed E-state index contributed by atoms with van der Waals surface area (Å²) in [6, 6.07) is 21.6. The Morgan fingerprint density at radius 1 is 0.917 bits per heavy atom. The van der Waals surface area contributed by atoms with Gasteiger partial charge in [-0.15, -0.1) is 0 Å². The summed E-state index contributed by atoms with van der Waals surface area (Å²) >= 11 is 0. The smallest absolute Gasteiger partial charge is 0.255 e. The monoisotopic (exact) mass is 480 g/mol. The molecule has 0 unspecified atom stereocenters. The van der Waals surface area contributed by atoms with Gasteiger partial charge < -0.3 is 15.4 Å². The Kier molecular flexibility index (Phi) is 6.35. The Labute approximate surface area is 206 Å². The molecular formula is C27H21FN6O2. The number of halogens is 1. The highest BCUT2D eigenvalue weighted by Crippen LogP contribution is 2.24. The number of amides is 1. The maximum atomic E-state index is 13.1. The molecule has 3 aromatic carbocycles. The lowest BCUT2D eigenvalue weighted by molar-refractivity contribution is 0.102. The van der Waals surface area contributed by atoms with Crippen LogP contribution in [0.1, 0.15) is 16.2 Å². The number of rotatable bonds is 7. The van der Waals surface area contributed by atoms with Crippen molar-refractivity contribution in [3.05, 3.63) is 115 Å². The van der Waals surface area contributed by atoms with Gasteiger partial charge in [0.05, 0.1) is 0 Å². The molecule has 178 valence electrons. The van der Waals surface area contributed by atoms with E-state index in [0.717, 1.165) is 5.69 Å². The fraction of sp³-hybridized carbons (Fsp3) is 0.0370. The predicted molar refractivity (Wildman–Crippen MR) is 134 cm³/mol. The number of hydrogen-bond acceptors (Lipinski definition) is 6. The topological polar surface area (TPSA) is 94.0 Å². The van der Waals surface area contributed by atoms with Gasteiger partial charge in [-0.2, -0.15) is 0 Å². The number of nitrogens with one attached hydrogen (secondary N) is 2. The summed E-state index contributed by atoms with van der Waals surface area (Å²) in [6.07, 6.45) is 5.17. The van der Waals surface area contributed by atoms with Crippen LogP contribution in [-0.2, 0) is 0 Å². The molecule has 9 heteroatoms. The van der Waals surface area contributed by atoms with Crippen molar-refractivity contribution in [3.63, 3.8) is 0 Å². The van der Waals surface area contributed by atoms with Crippen molar-refractivity contribution in [2.45, 2.75) is 6.92 Å². The van der Waals surface area contributed by atoms with Gasteiger partial charge in [-0.25, -0.2) is 19.3 Å². The van der Waals surface area contributed by atoms with Crippen molar-refractivity contribution in [2.75, 3.05) is 10.6 Å². The number of benzene rings is 3. The zero-order valence-electron chi connectivity index (χ0n) is 19.2. The van der Waals surface area contributed by atoms with Gasteiger partial charge in [0.15, 0.2) is 0 Å². The highest BCUT2D eigenvalue weighted by atomic mass is 19.1. The first kappa shape index (κ1) is 22.7. The molecule has 0 radical (unpaired) electrons. The average molecular weight is 481 g/mol. The third-order valence-corrected chi connectivity index (χ3v) is 5.15. The second kappa shape index (κ2) is 10.1. The Morgan fingerprint density at radius 2 is 1.69 bits per heavy atom. The minimum Gasteiger partial charge on any atom is -0.457 e. The van der Waals surface area contributed by atoms with Gasteiger partial charge in [-0.3, -0.25) is 9.36 Å². The van der Waals surface area contributed by atoms with Crippen molar-refractivity contribution in [2.24, 2.45) is 0 Å². The molecule has 5 rings (SSSR count). The van der Waals surface area contributed by atoms with Crippen LogP contribution in [0.2, 0.25) is 0 Å². The van der Waals surface area contributed by atoms with Crippen LogP contribution in [-0.4, -0.2) is 25.4 Å². The number of hydrogen-bond donors (Lipinski definition) is 2. The number of carbonyl (C=O) groups excluding carboxylic acids is 1. The summed E-state index contributed by atoms with van der Waals surface area (Å²) in [6.45, 7) is 1.82. The van der Waals surface area contributed by atoms with Gasteiger partial charge in [0.25, 0.3) is 5.91 Å². The van der Waals surface area contributed by atoms with Crippen LogP contribution in [0.5, 0.6) is 11.5 Å². The normalized spacial score (nSPS) is 10.6. The molecule has 0 saturated carbocycles. The predicted octanol–water partition coefficient (Wildman–Crippen LogP) is 5.90. The molecule has 2 heterocycles. The van der Waals surface area contributed by atoms with Crippen molar-refractivity contribution >= 4 is 23.1 Å². The number of aromatic nitrogens is 4. The van der Waals surface area contributed by atoms with Crippen LogP contribution in [0.3, 0.4) is 0 Å². The lowest BCUT2D eigenvalue weighted by atomic mass is 10.2. The molecule has 0 atom stereocenters. The van der Waals surface area contributed by atoms with E-state index in [0.29, 0.717) is 40.2 Å². The Morgan fingerprint density at radius 3 is 2.44 bits per heavy atom. The van der Waals surface area contributed by atoms with Gasteiger partial charge >= 0.3 is 0 Å². The van der Waals surface area contributed by atoms with Crippen LogP contribution in [0, 0.1) is 12.7 Å². The Hall–Kier alpha value is -5.05. The first-order chi connectivity index (χ1) is 17.5. The zero-order chi connectivity index (χ0) is 24.9. The SMILES string of the molecule is Cc1nc(Nc2ccc(NC(=O)c3cccc(Oc4ccc(F)cc4)c3)cc2)cc(-n2ccnc2)n1. The molecule has 8 nitrogen and oxygen atoms in total. The molecule has 2 aromatic heterocycles. The number of aryl methyl sites for hydroxylation is 1. The van der Waals surface area contributed by atoms with E-state index in [2.05, 4.69) is 25.6 Å². The van der Waals surface area contributed by atoms with E-state index in [-0.39, 0.29) is 11.7 Å². The van der Waals surface area contributed by atoms with Crippen LogP contribution in [0.25, 0.3) is 5.82 Å². The number of carbonyl (C=O) groups is 1. The molecule has 5 aromatic rings. The number of ether oxygens (including phenoxy) is 1. The molecule has 0 aliphatic heterocycles. The third kappa shape index (κ3) is 5.53. The van der Waals surface area contributed by atoms with Crippen LogP contribution in [0.4, 0.5) is 21.6 Å². The standard InChI is InChI=1S/C27H21FN6O2/c1-18-30-25(16-26(31-18)34-14-13-29-17-34)32-21-7-9-22(10-8-21)33-27(35)19-3-2-4-24(15-19)36-23-11-5-20(28)6-12-23/h2-17H,1H3,(H,33,35)(H,30,31,32). The van der Waals surface area contributed by atoms with E-state index in [1.165, 1.54) is 24.3 Å². The number of imidazole rings is 1. The molecule has 0 aliphatic rings. The fourth-order valence-electron chi connectivity index (χ4n) is 3.47. The fourth-order valence-corrected chi connectivity index (χ4v) is 3.47. The van der Waals surface area contributed by atoms with Gasteiger partial charge in [0.2, 0.25) is 0 Å². The number of anilines is 3. The maximum absolute atomic E-state index is 13.1. The van der Waals surface area contributed by atoms with Crippen LogP contribution >= 0.6 is 0 Å². The highest BCUT2D eigenvalue weighted by Gasteiger charge is 2.09. The lowest BCUT2D eigenvalue weighted by Crippen LogP contribution is -2.11. The zero-order valence-corrected chi connectivity index (χ0v) is 19.2. The summed E-state index contributed by atoms with van der Waals surface area (Å²) < 4.78 is 20.6. The van der Waals surface area contributed by atoms with Crippen LogP contribution < -0.4 is 15.4 Å². The van der Waals surface area contributed by atoms with Crippen molar-refractivity contribution < 1.29 is 13.9 Å². The summed E-state index contributed by atoms with van der Waals surface area (Å²) in [5.74, 6) is 2.30. The molecule has 0 spiro atoms. The summed E-state index contributed by atoms with van der Waals surface area (Å²) in [4.78, 5) is 25.7. The molecule has 0 aliphatic carbocycles. The molecular weight excluding hydrogens is 459 g/mol. The van der Waals surface area contributed by atoms with E-state index in [1.807, 2.05) is 31.3 Å². The lowest BCUT2D eigenvalue weighted by Gasteiger charge is -2.11. The second-order valence-electron chi connectivity index (χ2n) is 7.87. The van der Waals surface area contributed by atoms with Crippen molar-refractivity contribution in [3.8, 4) is 17.3 Å². The van der Waals surface area contributed by atoms with Crippen molar-refractivity contribution in [1.29, 1.82) is 0 Å². The minimum absolute atomic E-state index is 0.281. The number of nitrogens with zero attached hydrogens (tertiary/aromatic N) is 4. The molecule has 0 bridgehead atoms. The third-order valence-electron chi connectivity index (χ3n) is 5.15. The summed E-state index contributed by atoms with van der Waals surface area (Å²) in [5, 5.41) is 6.13. The van der Waals surface area contributed by atoms with E-state index < -0.39 is 0 Å². The van der Waals surface area contributed by atoms with E-state index >= 15 is 0 Å².